The van der Waals surface area contributed by atoms with Crippen LogP contribution in [0.4, 0.5) is 27.9 Å². The topological polar surface area (TPSA) is 155 Å². The summed E-state index contributed by atoms with van der Waals surface area (Å²) < 4.78 is 5.84. The first-order valence-electron chi connectivity index (χ1n) is 11.6. The average molecular weight is 501 g/mol. The van der Waals surface area contributed by atoms with Gasteiger partial charge >= 0.3 is 6.03 Å². The number of hydrogen-bond donors (Lipinski definition) is 3. The summed E-state index contributed by atoms with van der Waals surface area (Å²) in [6.45, 7) is 5.43. The van der Waals surface area contributed by atoms with Crippen molar-refractivity contribution in [2.24, 2.45) is 16.9 Å². The molecule has 35 heavy (non-hydrogen) atoms. The number of pyridine rings is 1. The van der Waals surface area contributed by atoms with E-state index < -0.39 is 6.03 Å². The predicted molar refractivity (Wildman–Crippen MR) is 134 cm³/mol. The van der Waals surface area contributed by atoms with Crippen LogP contribution >= 0.6 is 12.4 Å². The lowest BCUT2D eigenvalue weighted by molar-refractivity contribution is 0.0974. The molecule has 0 aliphatic carbocycles. The fourth-order valence-electron chi connectivity index (χ4n) is 5.44. The van der Waals surface area contributed by atoms with Crippen LogP contribution in [0, 0.1) is 5.41 Å². The quantitative estimate of drug-likeness (QED) is 0.475. The normalized spacial score (nSPS) is 23.4. The summed E-state index contributed by atoms with van der Waals surface area (Å²) in [7, 11) is 0. The van der Waals surface area contributed by atoms with Gasteiger partial charge in [0.15, 0.2) is 22.8 Å². The molecular weight excluding hydrogens is 472 g/mol. The number of carbonyl (C=O) groups is 1. The lowest BCUT2D eigenvalue weighted by Crippen LogP contribution is -2.50. The maximum absolute atomic E-state index is 11.9. The first-order valence-corrected chi connectivity index (χ1v) is 11.6. The summed E-state index contributed by atoms with van der Waals surface area (Å²) in [5.74, 6) is 1.97. The minimum absolute atomic E-state index is 0. The second-order valence-electron chi connectivity index (χ2n) is 9.35. The number of nitrogens with two attached hydrogens (primary N) is 2. The molecule has 186 valence electrons. The highest BCUT2D eigenvalue weighted by Gasteiger charge is 2.47. The molecule has 3 aromatic rings. The van der Waals surface area contributed by atoms with Gasteiger partial charge in [-0.05, 0) is 31.9 Å². The Morgan fingerprint density at radius 2 is 2.00 bits per heavy atom. The fourth-order valence-corrected chi connectivity index (χ4v) is 5.44. The summed E-state index contributed by atoms with van der Waals surface area (Å²) in [4.78, 5) is 31.5. The van der Waals surface area contributed by atoms with E-state index in [-0.39, 0.29) is 30.0 Å². The van der Waals surface area contributed by atoms with Gasteiger partial charge in [0.05, 0.1) is 24.6 Å². The number of urea groups is 1. The van der Waals surface area contributed by atoms with Gasteiger partial charge in [0.2, 0.25) is 0 Å². The number of aromatic amines is 1. The smallest absolute Gasteiger partial charge is 0.320 e. The fraction of sp³-hybridized carbons (Fsp3) is 0.500. The summed E-state index contributed by atoms with van der Waals surface area (Å²) >= 11 is 0. The molecule has 3 aliphatic rings. The molecule has 12 nitrogen and oxygen atoms in total. The molecule has 2 amide bonds. The zero-order valence-electron chi connectivity index (χ0n) is 19.4. The molecule has 2 atom stereocenters. The number of nitrogens with one attached hydrogen (secondary N) is 1. The van der Waals surface area contributed by atoms with Gasteiger partial charge in [0.25, 0.3) is 0 Å². The van der Waals surface area contributed by atoms with Crippen LogP contribution in [-0.2, 0) is 4.74 Å². The van der Waals surface area contributed by atoms with Gasteiger partial charge in [-0.2, -0.15) is 5.10 Å². The highest BCUT2D eigenvalue weighted by atomic mass is 35.5. The Kier molecular flexibility index (Phi) is 5.90. The largest absolute Gasteiger partial charge is 0.376 e. The molecule has 0 unspecified atom stereocenters. The highest BCUT2D eigenvalue weighted by Crippen LogP contribution is 2.42. The van der Waals surface area contributed by atoms with Crippen LogP contribution in [0.25, 0.3) is 11.2 Å². The number of H-pyrrole nitrogens is 1. The highest BCUT2D eigenvalue weighted by molar-refractivity contribution is 5.97. The number of amides is 2. The molecule has 2 fully saturated rings. The molecule has 3 aliphatic heterocycles. The van der Waals surface area contributed by atoms with Gasteiger partial charge in [0.1, 0.15) is 5.82 Å². The summed E-state index contributed by atoms with van der Waals surface area (Å²) in [6, 6.07) is 3.26. The first-order chi connectivity index (χ1) is 16.5. The zero-order valence-corrected chi connectivity index (χ0v) is 20.2. The number of hydrogen-bond acceptors (Lipinski definition) is 9. The number of primary amides is 1. The second kappa shape index (κ2) is 8.77. The number of fused-ring (bicyclic) bond motifs is 2. The SMILES string of the molecule is C[C@@H]1OCC2(CCN(c3cnc4c(N5CCN(C(N)=O)c6ncccc65)n[nH]c4n3)CC2)[C@@H]1N.Cl. The Morgan fingerprint density at radius 3 is 2.71 bits per heavy atom. The number of carbonyl (C=O) groups excluding carboxylic acids is 1. The Balaban J connectivity index is 0.00000253. The number of piperidine rings is 1. The van der Waals surface area contributed by atoms with Crippen molar-refractivity contribution in [2.45, 2.75) is 31.9 Å². The second-order valence-corrected chi connectivity index (χ2v) is 9.35. The Bertz CT molecular complexity index is 1240. The van der Waals surface area contributed by atoms with Crippen LogP contribution in [0.15, 0.2) is 24.5 Å². The molecule has 6 rings (SSSR count). The third-order valence-electron chi connectivity index (χ3n) is 7.55. The van der Waals surface area contributed by atoms with Gasteiger partial charge in [-0.1, -0.05) is 0 Å². The molecule has 0 bridgehead atoms. The Morgan fingerprint density at radius 1 is 1.20 bits per heavy atom. The van der Waals surface area contributed by atoms with Crippen LogP contribution in [0.1, 0.15) is 19.8 Å². The van der Waals surface area contributed by atoms with Crippen molar-refractivity contribution >= 4 is 52.7 Å². The van der Waals surface area contributed by atoms with E-state index in [2.05, 4.69) is 27.0 Å². The van der Waals surface area contributed by atoms with Crippen molar-refractivity contribution in [1.29, 1.82) is 0 Å². The third-order valence-corrected chi connectivity index (χ3v) is 7.55. The molecule has 13 heteroatoms. The minimum Gasteiger partial charge on any atom is -0.376 e. The van der Waals surface area contributed by atoms with Crippen molar-refractivity contribution in [1.82, 2.24) is 25.1 Å². The lowest BCUT2D eigenvalue weighted by Gasteiger charge is -2.41. The molecule has 0 saturated carbocycles. The van der Waals surface area contributed by atoms with Gasteiger partial charge in [-0.25, -0.2) is 19.7 Å². The number of aromatic nitrogens is 5. The summed E-state index contributed by atoms with van der Waals surface area (Å²) in [5.41, 5.74) is 14.1. The molecule has 3 aromatic heterocycles. The standard InChI is InChI=1S/C22H28N10O2.ClH/c1-13-17(23)22(12-34-13)4-7-30(8-5-22)15-11-26-16-18(27-15)28-29-20(16)31-9-10-32(21(24)33)19-14(31)3-2-6-25-19;/h2-3,6,11,13,17H,4-5,7-10,12,23H2,1H3,(H2,24,33)(H,27,28,29);1H/t13-,17+;/m0./s1. The van der Waals surface area contributed by atoms with Gasteiger partial charge in [-0.3, -0.25) is 10.00 Å². The number of anilines is 4. The van der Waals surface area contributed by atoms with Crippen molar-refractivity contribution in [3.05, 3.63) is 24.5 Å². The van der Waals surface area contributed by atoms with E-state index >= 15 is 0 Å². The van der Waals surface area contributed by atoms with Crippen LogP contribution in [0.5, 0.6) is 0 Å². The Hall–Kier alpha value is -3.22. The molecule has 1 spiro atoms. The first kappa shape index (κ1) is 23.5. The van der Waals surface area contributed by atoms with Crippen molar-refractivity contribution in [3.63, 3.8) is 0 Å². The molecule has 0 aromatic carbocycles. The summed E-state index contributed by atoms with van der Waals surface area (Å²) in [6.07, 6.45) is 5.50. The maximum atomic E-state index is 11.9. The van der Waals surface area contributed by atoms with Gasteiger partial charge in [-0.15, -0.1) is 12.4 Å². The van der Waals surface area contributed by atoms with Crippen molar-refractivity contribution < 1.29 is 9.53 Å². The number of nitrogens with zero attached hydrogens (tertiary/aromatic N) is 7. The van der Waals surface area contributed by atoms with E-state index in [4.69, 9.17) is 26.2 Å². The van der Waals surface area contributed by atoms with E-state index in [1.54, 1.807) is 12.4 Å². The minimum atomic E-state index is -0.529. The Labute approximate surface area is 208 Å². The molecule has 0 radical (unpaired) electrons. The zero-order chi connectivity index (χ0) is 23.4. The van der Waals surface area contributed by atoms with Crippen LogP contribution in [0.2, 0.25) is 0 Å². The number of rotatable bonds is 2. The van der Waals surface area contributed by atoms with Gasteiger partial charge < -0.3 is 26.0 Å². The molecular formula is C22H29ClN10O2. The third kappa shape index (κ3) is 3.72. The monoisotopic (exact) mass is 500 g/mol. The predicted octanol–water partition coefficient (Wildman–Crippen LogP) is 1.54. The van der Waals surface area contributed by atoms with E-state index in [0.29, 0.717) is 35.9 Å². The van der Waals surface area contributed by atoms with Crippen molar-refractivity contribution in [3.8, 4) is 0 Å². The molecule has 6 heterocycles. The van der Waals surface area contributed by atoms with Crippen molar-refractivity contribution in [2.75, 3.05) is 47.5 Å². The van der Waals surface area contributed by atoms with E-state index in [9.17, 15) is 4.79 Å². The van der Waals surface area contributed by atoms with E-state index in [0.717, 1.165) is 44.0 Å². The van der Waals surface area contributed by atoms with Crippen LogP contribution in [0.3, 0.4) is 0 Å². The van der Waals surface area contributed by atoms with Gasteiger partial charge in [0, 0.05) is 43.8 Å². The molecule has 5 N–H and O–H groups in total. The number of ether oxygens (including phenoxy) is 1. The molecule has 2 saturated heterocycles. The van der Waals surface area contributed by atoms with Crippen LogP contribution in [-0.4, -0.2) is 76.1 Å². The van der Waals surface area contributed by atoms with E-state index in [1.807, 2.05) is 17.0 Å². The lowest BCUT2D eigenvalue weighted by atomic mass is 9.73. The van der Waals surface area contributed by atoms with Crippen LogP contribution < -0.4 is 26.2 Å². The number of halogens is 1. The average Bonchev–Trinajstić information content (AvgIpc) is 3.40. The summed E-state index contributed by atoms with van der Waals surface area (Å²) in [5, 5.41) is 7.55. The maximum Gasteiger partial charge on any atom is 0.320 e. The van der Waals surface area contributed by atoms with E-state index in [1.165, 1.54) is 4.90 Å².